The molecule has 0 unspecified atom stereocenters. The maximum absolute atomic E-state index is 12.2. The lowest BCUT2D eigenvalue weighted by Gasteiger charge is -2.28. The van der Waals surface area contributed by atoms with Crippen LogP contribution in [-0.2, 0) is 11.3 Å². The highest BCUT2D eigenvalue weighted by Crippen LogP contribution is 2.49. The van der Waals surface area contributed by atoms with Crippen molar-refractivity contribution in [3.8, 4) is 0 Å². The summed E-state index contributed by atoms with van der Waals surface area (Å²) in [5, 5.41) is 13.7. The van der Waals surface area contributed by atoms with Gasteiger partial charge in [0.1, 0.15) is 6.54 Å². The maximum Gasteiger partial charge on any atom is 0.334 e. The predicted molar refractivity (Wildman–Crippen MR) is 83.9 cm³/mol. The number of rotatable bonds is 5. The normalized spacial score (nSPS) is 26.9. The van der Waals surface area contributed by atoms with Gasteiger partial charge in [0.05, 0.1) is 4.92 Å². The second kappa shape index (κ2) is 6.14. The summed E-state index contributed by atoms with van der Waals surface area (Å²) in [7, 11) is 0. The number of nitrogens with zero attached hydrogens (tertiary/aromatic N) is 2. The number of carbonyl (C=O) groups excluding carboxylic acids is 1. The van der Waals surface area contributed by atoms with Gasteiger partial charge in [0.25, 0.3) is 0 Å². The van der Waals surface area contributed by atoms with E-state index in [1.807, 2.05) is 6.92 Å². The molecule has 4 atom stereocenters. The van der Waals surface area contributed by atoms with Gasteiger partial charge in [0, 0.05) is 18.3 Å². The summed E-state index contributed by atoms with van der Waals surface area (Å²) < 4.78 is 1.08. The molecule has 0 aliphatic heterocycles. The molecular weight excluding hydrogens is 298 g/mol. The first-order chi connectivity index (χ1) is 11.0. The molecule has 3 rings (SSSR count). The van der Waals surface area contributed by atoms with E-state index in [2.05, 4.69) is 5.32 Å². The zero-order chi connectivity index (χ0) is 16.6. The number of nitro groups is 1. The third kappa shape index (κ3) is 3.13. The van der Waals surface area contributed by atoms with E-state index in [1.165, 1.54) is 37.9 Å². The van der Waals surface area contributed by atoms with Crippen LogP contribution in [0.3, 0.4) is 0 Å². The fourth-order valence-electron chi connectivity index (χ4n) is 4.26. The van der Waals surface area contributed by atoms with E-state index < -0.39 is 16.2 Å². The average molecular weight is 319 g/mol. The lowest BCUT2D eigenvalue weighted by Crippen LogP contribution is -2.42. The van der Waals surface area contributed by atoms with Crippen LogP contribution in [0.1, 0.15) is 32.6 Å². The van der Waals surface area contributed by atoms with Crippen LogP contribution in [0.15, 0.2) is 23.1 Å². The Balaban J connectivity index is 1.62. The number of carbonyl (C=O) groups is 1. The van der Waals surface area contributed by atoms with Crippen LogP contribution in [0.4, 0.5) is 5.69 Å². The number of nitrogens with one attached hydrogen (secondary N) is 1. The maximum atomic E-state index is 12.2. The van der Waals surface area contributed by atoms with Crippen LogP contribution in [-0.4, -0.2) is 21.4 Å². The average Bonchev–Trinajstić information content (AvgIpc) is 3.11. The summed E-state index contributed by atoms with van der Waals surface area (Å²) in [5.41, 5.74) is -1.26. The Hall–Kier alpha value is -2.18. The van der Waals surface area contributed by atoms with Gasteiger partial charge in [0.15, 0.2) is 0 Å². The van der Waals surface area contributed by atoms with Crippen molar-refractivity contribution in [3.63, 3.8) is 0 Å². The Morgan fingerprint density at radius 3 is 2.87 bits per heavy atom. The fourth-order valence-corrected chi connectivity index (χ4v) is 4.26. The molecule has 2 fully saturated rings. The van der Waals surface area contributed by atoms with Gasteiger partial charge in [-0.2, -0.15) is 0 Å². The highest BCUT2D eigenvalue weighted by molar-refractivity contribution is 5.76. The second-order valence-electron chi connectivity index (χ2n) is 6.78. The molecule has 1 aromatic rings. The predicted octanol–water partition coefficient (Wildman–Crippen LogP) is 1.70. The summed E-state index contributed by atoms with van der Waals surface area (Å²) in [5.74, 6) is 1.75. The van der Waals surface area contributed by atoms with Gasteiger partial charge in [-0.25, -0.2) is 0 Å². The van der Waals surface area contributed by atoms with Crippen LogP contribution in [0.2, 0.25) is 0 Å². The summed E-state index contributed by atoms with van der Waals surface area (Å²) in [4.78, 5) is 34.2. The van der Waals surface area contributed by atoms with Crippen molar-refractivity contribution >= 4 is 11.6 Å². The second-order valence-corrected chi connectivity index (χ2v) is 6.78. The lowest BCUT2D eigenvalue weighted by molar-refractivity contribution is -0.386. The molecule has 23 heavy (non-hydrogen) atoms. The summed E-state index contributed by atoms with van der Waals surface area (Å²) in [6, 6.07) is 2.63. The molecule has 124 valence electrons. The summed E-state index contributed by atoms with van der Waals surface area (Å²) in [6.07, 6.45) is 6.40. The van der Waals surface area contributed by atoms with Crippen molar-refractivity contribution in [1.82, 2.24) is 9.88 Å². The molecule has 0 aromatic carbocycles. The van der Waals surface area contributed by atoms with Crippen LogP contribution in [0, 0.1) is 27.9 Å². The smallest absolute Gasteiger partial charge is 0.334 e. The van der Waals surface area contributed by atoms with Gasteiger partial charge in [-0.3, -0.25) is 19.7 Å². The molecule has 2 saturated carbocycles. The van der Waals surface area contributed by atoms with E-state index in [-0.39, 0.29) is 18.5 Å². The molecule has 1 aromatic heterocycles. The number of hydrogen-bond acceptors (Lipinski definition) is 4. The first kappa shape index (κ1) is 15.7. The summed E-state index contributed by atoms with van der Waals surface area (Å²) >= 11 is 0. The molecular formula is C16H21N3O4. The minimum atomic E-state index is -0.750. The molecule has 7 nitrogen and oxygen atoms in total. The molecule has 0 spiro atoms. The van der Waals surface area contributed by atoms with E-state index >= 15 is 0 Å². The Morgan fingerprint density at radius 1 is 1.48 bits per heavy atom. The Labute approximate surface area is 133 Å². The van der Waals surface area contributed by atoms with Crippen molar-refractivity contribution in [1.29, 1.82) is 0 Å². The van der Waals surface area contributed by atoms with Crippen LogP contribution >= 0.6 is 0 Å². The van der Waals surface area contributed by atoms with E-state index in [9.17, 15) is 19.7 Å². The zero-order valence-corrected chi connectivity index (χ0v) is 13.1. The SMILES string of the molecule is C[C@@H](NC(=O)Cn1cccc([N+](=O)[O-])c1=O)[C@H]1C[C@H]2CC[C@H]1C2. The highest BCUT2D eigenvalue weighted by atomic mass is 16.6. The van der Waals surface area contributed by atoms with E-state index in [0.717, 1.165) is 16.6 Å². The van der Waals surface area contributed by atoms with Gasteiger partial charge >= 0.3 is 11.2 Å². The van der Waals surface area contributed by atoms with E-state index in [1.54, 1.807) is 0 Å². The van der Waals surface area contributed by atoms with Gasteiger partial charge in [0.2, 0.25) is 5.91 Å². The molecule has 2 aliphatic carbocycles. The standard InChI is InChI=1S/C16H21N3O4/c1-10(13-8-11-4-5-12(13)7-11)17-15(20)9-18-6-2-3-14(16(18)21)19(22)23/h2-3,6,10-13H,4-5,7-9H2,1H3,(H,17,20)/t10-,11+,12+,13-/m1/s1. The third-order valence-corrected chi connectivity index (χ3v) is 5.33. The quantitative estimate of drug-likeness (QED) is 0.660. The number of amides is 1. The van der Waals surface area contributed by atoms with Crippen LogP contribution in [0.5, 0.6) is 0 Å². The number of pyridine rings is 1. The Morgan fingerprint density at radius 2 is 2.26 bits per heavy atom. The molecule has 7 heteroatoms. The first-order valence-electron chi connectivity index (χ1n) is 8.09. The van der Waals surface area contributed by atoms with E-state index in [4.69, 9.17) is 0 Å². The minimum absolute atomic E-state index is 0.0761. The van der Waals surface area contributed by atoms with Crippen LogP contribution < -0.4 is 10.9 Å². The molecule has 0 radical (unpaired) electrons. The summed E-state index contributed by atoms with van der Waals surface area (Å²) in [6.45, 7) is 1.82. The van der Waals surface area contributed by atoms with Crippen molar-refractivity contribution in [2.75, 3.05) is 0 Å². The van der Waals surface area contributed by atoms with Crippen LogP contribution in [0.25, 0.3) is 0 Å². The largest absolute Gasteiger partial charge is 0.352 e. The number of aromatic nitrogens is 1. The highest BCUT2D eigenvalue weighted by Gasteiger charge is 2.42. The monoisotopic (exact) mass is 319 g/mol. The molecule has 2 bridgehead atoms. The number of hydrogen-bond donors (Lipinski definition) is 1. The lowest BCUT2D eigenvalue weighted by atomic mass is 9.84. The van der Waals surface area contributed by atoms with Gasteiger partial charge in [-0.1, -0.05) is 6.42 Å². The van der Waals surface area contributed by atoms with Crippen molar-refractivity contribution in [2.45, 2.75) is 45.2 Å². The Kier molecular flexibility index (Phi) is 4.19. The van der Waals surface area contributed by atoms with Crippen molar-refractivity contribution in [3.05, 3.63) is 38.8 Å². The third-order valence-electron chi connectivity index (χ3n) is 5.33. The first-order valence-corrected chi connectivity index (χ1v) is 8.09. The zero-order valence-electron chi connectivity index (χ0n) is 13.1. The van der Waals surface area contributed by atoms with Gasteiger partial charge in [-0.15, -0.1) is 0 Å². The van der Waals surface area contributed by atoms with Gasteiger partial charge in [-0.05, 0) is 50.0 Å². The fraction of sp³-hybridized carbons (Fsp3) is 0.625. The molecule has 0 saturated heterocycles. The molecule has 1 amide bonds. The topological polar surface area (TPSA) is 94.2 Å². The molecule has 1 N–H and O–H groups in total. The van der Waals surface area contributed by atoms with Crippen molar-refractivity contribution < 1.29 is 9.72 Å². The van der Waals surface area contributed by atoms with E-state index in [0.29, 0.717) is 11.8 Å². The minimum Gasteiger partial charge on any atom is -0.352 e. The van der Waals surface area contributed by atoms with Crippen molar-refractivity contribution in [2.24, 2.45) is 17.8 Å². The molecule has 1 heterocycles. The Bertz CT molecular complexity index is 684. The van der Waals surface area contributed by atoms with Gasteiger partial charge < -0.3 is 9.88 Å². The number of fused-ring (bicyclic) bond motifs is 2. The molecule has 2 aliphatic rings.